The maximum atomic E-state index is 12.3. The van der Waals surface area contributed by atoms with Crippen LogP contribution >= 0.6 is 0 Å². The second kappa shape index (κ2) is 9.90. The van der Waals surface area contributed by atoms with Crippen molar-refractivity contribution >= 4 is 11.7 Å². The Labute approximate surface area is 165 Å². The van der Waals surface area contributed by atoms with Crippen LogP contribution in [-0.2, 0) is 11.3 Å². The molecule has 2 aromatic carbocycles. The topological polar surface area (TPSA) is 67.9 Å². The standard InChI is InChI=1S/C22H26N2O4/c1-24(16-17-5-3-2-4-6-17)12-11-23-22(26)10-8-19(25)18-7-9-20-21(15-18)28-14-13-27-20/h2-7,9,15H,8,10-14,16H2,1H3,(H,23,26). The van der Waals surface area contributed by atoms with Crippen molar-refractivity contribution in [2.75, 3.05) is 33.4 Å². The number of benzene rings is 2. The van der Waals surface area contributed by atoms with Crippen molar-refractivity contribution in [2.45, 2.75) is 19.4 Å². The van der Waals surface area contributed by atoms with Crippen molar-refractivity contribution in [1.29, 1.82) is 0 Å². The van der Waals surface area contributed by atoms with Crippen LogP contribution in [0.5, 0.6) is 11.5 Å². The smallest absolute Gasteiger partial charge is 0.220 e. The van der Waals surface area contributed by atoms with Gasteiger partial charge in [0.15, 0.2) is 17.3 Å². The molecular formula is C22H26N2O4. The summed E-state index contributed by atoms with van der Waals surface area (Å²) in [5, 5.41) is 2.88. The number of ether oxygens (including phenoxy) is 2. The number of rotatable bonds is 9. The number of carbonyl (C=O) groups is 2. The molecule has 0 bridgehead atoms. The molecule has 0 aromatic heterocycles. The van der Waals surface area contributed by atoms with Crippen LogP contribution < -0.4 is 14.8 Å². The molecule has 148 valence electrons. The largest absolute Gasteiger partial charge is 0.486 e. The van der Waals surface area contributed by atoms with E-state index in [0.717, 1.165) is 13.1 Å². The minimum Gasteiger partial charge on any atom is -0.486 e. The Hall–Kier alpha value is -2.86. The first-order chi connectivity index (χ1) is 13.6. The van der Waals surface area contributed by atoms with E-state index < -0.39 is 0 Å². The predicted molar refractivity (Wildman–Crippen MR) is 107 cm³/mol. The van der Waals surface area contributed by atoms with E-state index in [9.17, 15) is 9.59 Å². The summed E-state index contributed by atoms with van der Waals surface area (Å²) >= 11 is 0. The fourth-order valence-electron chi connectivity index (χ4n) is 3.04. The number of likely N-dealkylation sites (N-methyl/N-ethyl adjacent to an activating group) is 1. The number of ketones is 1. The van der Waals surface area contributed by atoms with Crippen molar-refractivity contribution < 1.29 is 19.1 Å². The highest BCUT2D eigenvalue weighted by atomic mass is 16.6. The fraction of sp³-hybridized carbons (Fsp3) is 0.364. The van der Waals surface area contributed by atoms with Crippen molar-refractivity contribution in [3.63, 3.8) is 0 Å². The molecule has 0 fully saturated rings. The Bertz CT molecular complexity index is 807. The molecule has 6 nitrogen and oxygen atoms in total. The summed E-state index contributed by atoms with van der Waals surface area (Å²) in [4.78, 5) is 26.5. The van der Waals surface area contributed by atoms with Gasteiger partial charge in [-0.1, -0.05) is 30.3 Å². The van der Waals surface area contributed by atoms with E-state index >= 15 is 0 Å². The number of nitrogens with zero attached hydrogens (tertiary/aromatic N) is 1. The van der Waals surface area contributed by atoms with Gasteiger partial charge in [-0.2, -0.15) is 0 Å². The Kier molecular flexibility index (Phi) is 7.03. The molecule has 0 aliphatic carbocycles. The van der Waals surface area contributed by atoms with Crippen LogP contribution in [0.15, 0.2) is 48.5 Å². The molecule has 1 N–H and O–H groups in total. The van der Waals surface area contributed by atoms with E-state index in [2.05, 4.69) is 22.3 Å². The average molecular weight is 382 g/mol. The van der Waals surface area contributed by atoms with E-state index in [0.29, 0.717) is 36.8 Å². The van der Waals surface area contributed by atoms with Crippen LogP contribution in [0.2, 0.25) is 0 Å². The van der Waals surface area contributed by atoms with E-state index in [-0.39, 0.29) is 24.5 Å². The van der Waals surface area contributed by atoms with Gasteiger partial charge >= 0.3 is 0 Å². The first-order valence-corrected chi connectivity index (χ1v) is 9.54. The van der Waals surface area contributed by atoms with Crippen LogP contribution in [0.25, 0.3) is 0 Å². The summed E-state index contributed by atoms with van der Waals surface area (Å²) in [6.45, 7) is 3.13. The number of nitrogens with one attached hydrogen (secondary N) is 1. The minimum atomic E-state index is -0.112. The van der Waals surface area contributed by atoms with Gasteiger partial charge in [-0.3, -0.25) is 9.59 Å². The van der Waals surface area contributed by atoms with Crippen LogP contribution in [0.4, 0.5) is 0 Å². The normalized spacial score (nSPS) is 12.6. The lowest BCUT2D eigenvalue weighted by Gasteiger charge is -2.18. The molecule has 1 aliphatic rings. The van der Waals surface area contributed by atoms with Crippen LogP contribution in [-0.4, -0.2) is 49.9 Å². The molecule has 6 heteroatoms. The van der Waals surface area contributed by atoms with Gasteiger partial charge in [0, 0.05) is 38.0 Å². The van der Waals surface area contributed by atoms with Crippen molar-refractivity contribution in [2.24, 2.45) is 0 Å². The van der Waals surface area contributed by atoms with Gasteiger partial charge in [-0.05, 0) is 30.8 Å². The zero-order valence-corrected chi connectivity index (χ0v) is 16.1. The van der Waals surface area contributed by atoms with Gasteiger partial charge in [0.25, 0.3) is 0 Å². The number of fused-ring (bicyclic) bond motifs is 1. The van der Waals surface area contributed by atoms with Crippen molar-refractivity contribution in [3.05, 3.63) is 59.7 Å². The summed E-state index contributed by atoms with van der Waals surface area (Å²) < 4.78 is 10.9. The molecule has 28 heavy (non-hydrogen) atoms. The zero-order chi connectivity index (χ0) is 19.8. The highest BCUT2D eigenvalue weighted by Gasteiger charge is 2.15. The lowest BCUT2D eigenvalue weighted by atomic mass is 10.1. The molecule has 0 radical (unpaired) electrons. The number of Topliss-reactive ketones (excluding diaryl/α,β-unsaturated/α-hetero) is 1. The molecule has 0 unspecified atom stereocenters. The van der Waals surface area contributed by atoms with Gasteiger partial charge in [-0.15, -0.1) is 0 Å². The molecule has 1 amide bonds. The Morgan fingerprint density at radius 3 is 2.54 bits per heavy atom. The van der Waals surface area contributed by atoms with E-state index in [4.69, 9.17) is 9.47 Å². The number of hydrogen-bond donors (Lipinski definition) is 1. The summed E-state index contributed by atoms with van der Waals surface area (Å²) in [6, 6.07) is 15.3. The van der Waals surface area contributed by atoms with Gasteiger partial charge in [0.1, 0.15) is 13.2 Å². The molecule has 0 saturated heterocycles. The van der Waals surface area contributed by atoms with Crippen LogP contribution in [0.3, 0.4) is 0 Å². The quantitative estimate of drug-likeness (QED) is 0.676. The summed E-state index contributed by atoms with van der Waals surface area (Å²) in [5.41, 5.74) is 1.78. The van der Waals surface area contributed by atoms with Gasteiger partial charge in [0.2, 0.25) is 5.91 Å². The molecule has 3 rings (SSSR count). The van der Waals surface area contributed by atoms with E-state index in [1.54, 1.807) is 18.2 Å². The third kappa shape index (κ3) is 5.82. The maximum absolute atomic E-state index is 12.3. The van der Waals surface area contributed by atoms with Gasteiger partial charge in [-0.25, -0.2) is 0 Å². The van der Waals surface area contributed by atoms with Crippen molar-refractivity contribution in [3.8, 4) is 11.5 Å². The van der Waals surface area contributed by atoms with E-state index in [1.165, 1.54) is 5.56 Å². The molecular weight excluding hydrogens is 356 g/mol. The van der Waals surface area contributed by atoms with Crippen LogP contribution in [0.1, 0.15) is 28.8 Å². The Balaban J connectivity index is 1.36. The lowest BCUT2D eigenvalue weighted by molar-refractivity contribution is -0.121. The van der Waals surface area contributed by atoms with Gasteiger partial charge < -0.3 is 19.7 Å². The first-order valence-electron chi connectivity index (χ1n) is 9.54. The molecule has 1 aliphatic heterocycles. The summed E-state index contributed by atoms with van der Waals surface area (Å²) in [5.74, 6) is 1.05. The van der Waals surface area contributed by atoms with Crippen LogP contribution in [0, 0.1) is 0 Å². The third-order valence-corrected chi connectivity index (χ3v) is 4.55. The highest BCUT2D eigenvalue weighted by Crippen LogP contribution is 2.31. The highest BCUT2D eigenvalue weighted by molar-refractivity contribution is 5.98. The summed E-state index contributed by atoms with van der Waals surface area (Å²) in [6.07, 6.45) is 0.348. The fourth-order valence-corrected chi connectivity index (χ4v) is 3.04. The van der Waals surface area contributed by atoms with Crippen molar-refractivity contribution in [1.82, 2.24) is 10.2 Å². The SMILES string of the molecule is CN(CCNC(=O)CCC(=O)c1ccc2c(c1)OCCO2)Cc1ccccc1. The number of carbonyl (C=O) groups excluding carboxylic acids is 2. The first kappa shape index (κ1) is 19.9. The molecule has 2 aromatic rings. The Morgan fingerprint density at radius 2 is 1.75 bits per heavy atom. The molecule has 1 heterocycles. The van der Waals surface area contributed by atoms with Gasteiger partial charge in [0.05, 0.1) is 0 Å². The monoisotopic (exact) mass is 382 g/mol. The lowest BCUT2D eigenvalue weighted by Crippen LogP contribution is -2.32. The van der Waals surface area contributed by atoms with E-state index in [1.807, 2.05) is 25.2 Å². The number of hydrogen-bond acceptors (Lipinski definition) is 5. The number of amides is 1. The zero-order valence-electron chi connectivity index (χ0n) is 16.1. The Morgan fingerprint density at radius 1 is 1.00 bits per heavy atom. The molecule has 0 spiro atoms. The second-order valence-corrected chi connectivity index (χ2v) is 6.85. The molecule has 0 atom stereocenters. The maximum Gasteiger partial charge on any atom is 0.220 e. The molecule has 0 saturated carbocycles. The minimum absolute atomic E-state index is 0.0756. The predicted octanol–water partition coefficient (Wildman–Crippen LogP) is 2.67. The third-order valence-electron chi connectivity index (χ3n) is 4.55. The second-order valence-electron chi connectivity index (χ2n) is 6.85. The summed E-state index contributed by atoms with van der Waals surface area (Å²) in [7, 11) is 2.02. The average Bonchev–Trinajstić information content (AvgIpc) is 2.72.